The van der Waals surface area contributed by atoms with Crippen molar-refractivity contribution in [2.75, 3.05) is 31.6 Å². The predicted octanol–water partition coefficient (Wildman–Crippen LogP) is 3.63. The number of benzene rings is 3. The Bertz CT molecular complexity index is 1240. The van der Waals surface area contributed by atoms with E-state index in [-0.39, 0.29) is 10.8 Å². The summed E-state index contributed by atoms with van der Waals surface area (Å²) in [5.41, 5.74) is 1.87. The summed E-state index contributed by atoms with van der Waals surface area (Å²) in [7, 11) is -2.22. The zero-order chi connectivity index (χ0) is 24.0. The van der Waals surface area contributed by atoms with Crippen molar-refractivity contribution in [3.63, 3.8) is 0 Å². The lowest BCUT2D eigenvalue weighted by Gasteiger charge is -2.12. The van der Waals surface area contributed by atoms with E-state index in [2.05, 4.69) is 10.0 Å². The van der Waals surface area contributed by atoms with Gasteiger partial charge < -0.3 is 19.5 Å². The van der Waals surface area contributed by atoms with Gasteiger partial charge in [0.05, 0.1) is 25.2 Å². The molecule has 34 heavy (non-hydrogen) atoms. The van der Waals surface area contributed by atoms with Gasteiger partial charge in [-0.05, 0) is 60.5 Å². The second-order valence-corrected chi connectivity index (χ2v) is 9.38. The summed E-state index contributed by atoms with van der Waals surface area (Å²) in [6.45, 7) is 1.47. The molecule has 4 rings (SSSR count). The molecule has 1 aliphatic heterocycles. The highest BCUT2D eigenvalue weighted by Crippen LogP contribution is 2.32. The summed E-state index contributed by atoms with van der Waals surface area (Å²) in [5.74, 6) is 1.49. The van der Waals surface area contributed by atoms with E-state index in [0.717, 1.165) is 17.7 Å². The minimum absolute atomic E-state index is 0.0668. The minimum Gasteiger partial charge on any atom is -0.497 e. The van der Waals surface area contributed by atoms with Gasteiger partial charge in [0.1, 0.15) is 5.75 Å². The summed E-state index contributed by atoms with van der Waals surface area (Å²) in [6, 6.07) is 18.4. The maximum atomic E-state index is 12.8. The van der Waals surface area contributed by atoms with Gasteiger partial charge in [0, 0.05) is 30.3 Å². The molecule has 0 unspecified atom stereocenters. The Kier molecular flexibility index (Phi) is 7.22. The van der Waals surface area contributed by atoms with E-state index >= 15 is 0 Å². The van der Waals surface area contributed by atoms with Gasteiger partial charge in [0.2, 0.25) is 0 Å². The highest BCUT2D eigenvalue weighted by molar-refractivity contribution is 7.92. The van der Waals surface area contributed by atoms with Crippen LogP contribution in [0.15, 0.2) is 71.6 Å². The van der Waals surface area contributed by atoms with Gasteiger partial charge in [-0.15, -0.1) is 0 Å². The topological polar surface area (TPSA) is 103 Å². The molecule has 3 aromatic carbocycles. The Morgan fingerprint density at radius 3 is 2.35 bits per heavy atom. The molecular weight excluding hydrogens is 456 g/mol. The number of methoxy groups -OCH3 is 1. The van der Waals surface area contributed by atoms with Crippen LogP contribution in [0.25, 0.3) is 0 Å². The second-order valence-electron chi connectivity index (χ2n) is 7.70. The van der Waals surface area contributed by atoms with Crippen LogP contribution >= 0.6 is 0 Å². The summed E-state index contributed by atoms with van der Waals surface area (Å²) >= 11 is 0. The van der Waals surface area contributed by atoms with Crippen molar-refractivity contribution in [2.45, 2.75) is 17.7 Å². The Morgan fingerprint density at radius 2 is 1.65 bits per heavy atom. The van der Waals surface area contributed by atoms with Gasteiger partial charge in [0.15, 0.2) is 11.5 Å². The van der Waals surface area contributed by atoms with E-state index in [1.807, 2.05) is 24.3 Å². The third kappa shape index (κ3) is 5.79. The van der Waals surface area contributed by atoms with Crippen LogP contribution in [0, 0.1) is 0 Å². The van der Waals surface area contributed by atoms with Gasteiger partial charge in [-0.1, -0.05) is 12.1 Å². The van der Waals surface area contributed by atoms with Gasteiger partial charge in [-0.3, -0.25) is 9.52 Å². The van der Waals surface area contributed by atoms with Crippen LogP contribution in [0.1, 0.15) is 22.3 Å². The summed E-state index contributed by atoms with van der Waals surface area (Å²) in [5, 5.41) is 2.87. The first kappa shape index (κ1) is 23.4. The molecule has 8 nitrogen and oxygen atoms in total. The van der Waals surface area contributed by atoms with Crippen molar-refractivity contribution in [2.24, 2.45) is 0 Å². The maximum absolute atomic E-state index is 12.8. The lowest BCUT2D eigenvalue weighted by atomic mass is 10.1. The van der Waals surface area contributed by atoms with E-state index in [1.165, 1.54) is 12.1 Å². The molecule has 0 fully saturated rings. The number of hydrogen-bond donors (Lipinski definition) is 2. The average molecular weight is 483 g/mol. The van der Waals surface area contributed by atoms with E-state index in [0.29, 0.717) is 48.9 Å². The van der Waals surface area contributed by atoms with Crippen molar-refractivity contribution in [1.29, 1.82) is 0 Å². The fourth-order valence-corrected chi connectivity index (χ4v) is 4.50. The highest BCUT2D eigenvalue weighted by Gasteiger charge is 2.19. The van der Waals surface area contributed by atoms with Gasteiger partial charge in [-0.2, -0.15) is 0 Å². The lowest BCUT2D eigenvalue weighted by molar-refractivity contribution is 0.0954. The van der Waals surface area contributed by atoms with Crippen LogP contribution in [0.3, 0.4) is 0 Å². The Labute approximate surface area is 198 Å². The zero-order valence-electron chi connectivity index (χ0n) is 18.7. The van der Waals surface area contributed by atoms with Gasteiger partial charge >= 0.3 is 0 Å². The lowest BCUT2D eigenvalue weighted by Crippen LogP contribution is -2.25. The number of nitrogens with one attached hydrogen (secondary N) is 2. The smallest absolute Gasteiger partial charge is 0.262 e. The third-order valence-corrected chi connectivity index (χ3v) is 6.67. The predicted molar refractivity (Wildman–Crippen MR) is 128 cm³/mol. The Hall–Kier alpha value is -3.72. The molecule has 9 heteroatoms. The summed E-state index contributed by atoms with van der Waals surface area (Å²) < 4.78 is 44.4. The molecule has 0 spiro atoms. The van der Waals surface area contributed by atoms with Crippen LogP contribution in [-0.2, 0) is 16.4 Å². The fourth-order valence-electron chi connectivity index (χ4n) is 3.43. The van der Waals surface area contributed by atoms with E-state index in [4.69, 9.17) is 14.2 Å². The number of ether oxygens (including phenoxy) is 3. The third-order valence-electron chi connectivity index (χ3n) is 5.29. The van der Waals surface area contributed by atoms with Crippen molar-refractivity contribution in [3.05, 3.63) is 77.9 Å². The normalized spacial score (nSPS) is 13.0. The fraction of sp³-hybridized carbons (Fsp3) is 0.240. The SMILES string of the molecule is COc1ccc(CCNC(=O)c2ccc(NS(=O)(=O)c3ccc4c(c3)OCCCO4)cc2)cc1. The van der Waals surface area contributed by atoms with Crippen molar-refractivity contribution < 1.29 is 27.4 Å². The number of carbonyl (C=O) groups excluding carboxylic acids is 1. The zero-order valence-corrected chi connectivity index (χ0v) is 19.6. The van der Waals surface area contributed by atoms with Crippen LogP contribution in [0.2, 0.25) is 0 Å². The molecule has 1 heterocycles. The molecular formula is C25H26N2O6S. The Morgan fingerprint density at radius 1 is 0.941 bits per heavy atom. The standard InChI is InChI=1S/C25H26N2O6S/c1-31-21-9-3-18(4-10-21)13-14-26-25(28)19-5-7-20(8-6-19)27-34(29,30)22-11-12-23-24(17-22)33-16-2-15-32-23/h3-12,17,27H,2,13-16H2,1H3,(H,26,28). The molecule has 0 aromatic heterocycles. The highest BCUT2D eigenvalue weighted by atomic mass is 32.2. The number of rotatable bonds is 8. The number of sulfonamides is 1. The first-order chi connectivity index (χ1) is 16.4. The van der Waals surface area contributed by atoms with Crippen LogP contribution in [0.5, 0.6) is 17.2 Å². The molecule has 1 amide bonds. The van der Waals surface area contributed by atoms with E-state index in [1.54, 1.807) is 37.4 Å². The molecule has 1 aliphatic rings. The Balaban J connectivity index is 1.34. The van der Waals surface area contributed by atoms with Crippen molar-refractivity contribution in [1.82, 2.24) is 5.32 Å². The van der Waals surface area contributed by atoms with Crippen LogP contribution < -0.4 is 24.2 Å². The van der Waals surface area contributed by atoms with Crippen molar-refractivity contribution >= 4 is 21.6 Å². The van der Waals surface area contributed by atoms with Gasteiger partial charge in [0.25, 0.3) is 15.9 Å². The van der Waals surface area contributed by atoms with E-state index < -0.39 is 10.0 Å². The van der Waals surface area contributed by atoms with Crippen LogP contribution in [0.4, 0.5) is 5.69 Å². The van der Waals surface area contributed by atoms with E-state index in [9.17, 15) is 13.2 Å². The number of anilines is 1. The maximum Gasteiger partial charge on any atom is 0.262 e. The summed E-state index contributed by atoms with van der Waals surface area (Å²) in [6.07, 6.45) is 1.42. The van der Waals surface area contributed by atoms with Gasteiger partial charge in [-0.25, -0.2) is 8.42 Å². The molecule has 0 aliphatic carbocycles. The first-order valence-corrected chi connectivity index (χ1v) is 12.4. The second kappa shape index (κ2) is 10.5. The molecule has 0 bridgehead atoms. The first-order valence-electron chi connectivity index (χ1n) is 10.9. The molecule has 178 valence electrons. The van der Waals surface area contributed by atoms with Crippen LogP contribution in [-0.4, -0.2) is 41.2 Å². The number of fused-ring (bicyclic) bond motifs is 1. The minimum atomic E-state index is -3.84. The average Bonchev–Trinajstić information content (AvgIpc) is 3.09. The quantitative estimate of drug-likeness (QED) is 0.508. The number of amides is 1. The molecule has 0 saturated heterocycles. The molecule has 0 radical (unpaired) electrons. The summed E-state index contributed by atoms with van der Waals surface area (Å²) in [4.78, 5) is 12.5. The number of carbonyl (C=O) groups is 1. The molecule has 0 atom stereocenters. The van der Waals surface area contributed by atoms with Crippen molar-refractivity contribution in [3.8, 4) is 17.2 Å². The molecule has 0 saturated carbocycles. The largest absolute Gasteiger partial charge is 0.497 e. The molecule has 3 aromatic rings. The molecule has 2 N–H and O–H groups in total. The monoisotopic (exact) mass is 482 g/mol. The number of hydrogen-bond acceptors (Lipinski definition) is 6.